The lowest BCUT2D eigenvalue weighted by atomic mass is 10.2. The van der Waals surface area contributed by atoms with Gasteiger partial charge in [-0.15, -0.1) is 0 Å². The highest BCUT2D eigenvalue weighted by molar-refractivity contribution is 6.05. The van der Waals surface area contributed by atoms with Crippen molar-refractivity contribution in [2.24, 2.45) is 0 Å². The zero-order valence-corrected chi connectivity index (χ0v) is 10.9. The maximum absolute atomic E-state index is 12.1. The van der Waals surface area contributed by atoms with Gasteiger partial charge in [-0.3, -0.25) is 9.89 Å². The molecule has 0 spiro atoms. The van der Waals surface area contributed by atoms with Gasteiger partial charge in [0.15, 0.2) is 11.5 Å². The fourth-order valence-corrected chi connectivity index (χ4v) is 1.74. The maximum Gasteiger partial charge on any atom is 0.255 e. The molecule has 1 heterocycles. The van der Waals surface area contributed by atoms with Crippen molar-refractivity contribution < 1.29 is 14.6 Å². The normalized spacial score (nSPS) is 10.3. The van der Waals surface area contributed by atoms with Gasteiger partial charge in [0.05, 0.1) is 24.2 Å². The molecule has 0 aliphatic heterocycles. The summed E-state index contributed by atoms with van der Waals surface area (Å²) in [4.78, 5) is 12.1. The number of nitrogens with one attached hydrogen (secondary N) is 2. The SMILES string of the molecule is COc1cc(C(=O)Nc2c(C)n[nH]c2C)ccc1O. The number of rotatable bonds is 3. The van der Waals surface area contributed by atoms with E-state index in [0.717, 1.165) is 11.4 Å². The zero-order valence-electron chi connectivity index (χ0n) is 10.9. The summed E-state index contributed by atoms with van der Waals surface area (Å²) < 4.78 is 4.97. The van der Waals surface area contributed by atoms with Crippen molar-refractivity contribution in [1.29, 1.82) is 0 Å². The van der Waals surface area contributed by atoms with E-state index in [1.54, 1.807) is 6.92 Å². The predicted octanol–water partition coefficient (Wildman–Crippen LogP) is 1.99. The van der Waals surface area contributed by atoms with Crippen LogP contribution in [0, 0.1) is 13.8 Å². The Hall–Kier alpha value is -2.50. The number of ether oxygens (including phenoxy) is 1. The van der Waals surface area contributed by atoms with E-state index < -0.39 is 0 Å². The van der Waals surface area contributed by atoms with Crippen LogP contribution >= 0.6 is 0 Å². The summed E-state index contributed by atoms with van der Waals surface area (Å²) in [5, 5.41) is 19.1. The van der Waals surface area contributed by atoms with Crippen LogP contribution in [0.25, 0.3) is 0 Å². The molecule has 19 heavy (non-hydrogen) atoms. The molecule has 0 bridgehead atoms. The van der Waals surface area contributed by atoms with Crippen molar-refractivity contribution >= 4 is 11.6 Å². The molecule has 1 amide bonds. The molecule has 0 atom stereocenters. The van der Waals surface area contributed by atoms with Crippen LogP contribution in [0.3, 0.4) is 0 Å². The van der Waals surface area contributed by atoms with Crippen molar-refractivity contribution in [2.75, 3.05) is 12.4 Å². The molecule has 0 unspecified atom stereocenters. The topological polar surface area (TPSA) is 87.2 Å². The van der Waals surface area contributed by atoms with E-state index in [-0.39, 0.29) is 17.4 Å². The highest BCUT2D eigenvalue weighted by Crippen LogP contribution is 2.27. The smallest absolute Gasteiger partial charge is 0.255 e. The molecule has 0 fully saturated rings. The van der Waals surface area contributed by atoms with Gasteiger partial charge in [0.2, 0.25) is 0 Å². The molecule has 6 nitrogen and oxygen atoms in total. The fraction of sp³-hybridized carbons (Fsp3) is 0.231. The zero-order chi connectivity index (χ0) is 14.0. The number of methoxy groups -OCH3 is 1. The van der Waals surface area contributed by atoms with Crippen molar-refractivity contribution in [3.05, 3.63) is 35.2 Å². The molecule has 6 heteroatoms. The van der Waals surface area contributed by atoms with E-state index in [4.69, 9.17) is 4.74 Å². The minimum atomic E-state index is -0.286. The van der Waals surface area contributed by atoms with Crippen LogP contribution in [0.4, 0.5) is 5.69 Å². The van der Waals surface area contributed by atoms with Gasteiger partial charge in [0.25, 0.3) is 5.91 Å². The number of anilines is 1. The lowest BCUT2D eigenvalue weighted by Crippen LogP contribution is -2.13. The summed E-state index contributed by atoms with van der Waals surface area (Å²) in [5.41, 5.74) is 2.57. The number of aromatic hydroxyl groups is 1. The van der Waals surface area contributed by atoms with E-state index in [1.807, 2.05) is 6.92 Å². The first-order chi connectivity index (χ1) is 9.02. The van der Waals surface area contributed by atoms with Crippen molar-refractivity contribution in [3.63, 3.8) is 0 Å². The lowest BCUT2D eigenvalue weighted by molar-refractivity contribution is 0.102. The van der Waals surface area contributed by atoms with Crippen LogP contribution in [0.5, 0.6) is 11.5 Å². The Morgan fingerprint density at radius 1 is 1.42 bits per heavy atom. The van der Waals surface area contributed by atoms with Crippen molar-refractivity contribution in [1.82, 2.24) is 10.2 Å². The van der Waals surface area contributed by atoms with Crippen molar-refractivity contribution in [3.8, 4) is 11.5 Å². The standard InChI is InChI=1S/C13H15N3O3/c1-7-12(8(2)16-15-7)14-13(18)9-4-5-10(17)11(6-9)19-3/h4-6,17H,1-3H3,(H,14,18)(H,15,16). The minimum absolute atomic E-state index is 0.00489. The Morgan fingerprint density at radius 2 is 2.16 bits per heavy atom. The molecular formula is C13H15N3O3. The van der Waals surface area contributed by atoms with Gasteiger partial charge < -0.3 is 15.2 Å². The third kappa shape index (κ3) is 2.52. The van der Waals surface area contributed by atoms with Gasteiger partial charge in [-0.1, -0.05) is 0 Å². The summed E-state index contributed by atoms with van der Waals surface area (Å²) in [7, 11) is 1.43. The third-order valence-corrected chi connectivity index (χ3v) is 2.81. The van der Waals surface area contributed by atoms with Gasteiger partial charge in [0.1, 0.15) is 0 Å². The number of aromatic amines is 1. The number of carbonyl (C=O) groups is 1. The summed E-state index contributed by atoms with van der Waals surface area (Å²) in [6.45, 7) is 3.63. The molecule has 2 rings (SSSR count). The summed E-state index contributed by atoms with van der Waals surface area (Å²) in [6, 6.07) is 4.43. The monoisotopic (exact) mass is 261 g/mol. The Bertz CT molecular complexity index is 600. The van der Waals surface area contributed by atoms with Gasteiger partial charge in [-0.25, -0.2) is 0 Å². The number of phenols is 1. The maximum atomic E-state index is 12.1. The molecule has 100 valence electrons. The molecule has 3 N–H and O–H groups in total. The van der Waals surface area contributed by atoms with E-state index >= 15 is 0 Å². The average molecular weight is 261 g/mol. The second-order valence-electron chi connectivity index (χ2n) is 4.15. The fourth-order valence-electron chi connectivity index (χ4n) is 1.74. The van der Waals surface area contributed by atoms with Crippen molar-refractivity contribution in [2.45, 2.75) is 13.8 Å². The number of aromatic nitrogens is 2. The van der Waals surface area contributed by atoms with Crippen LogP contribution in [0.2, 0.25) is 0 Å². The Kier molecular flexibility index (Phi) is 3.41. The minimum Gasteiger partial charge on any atom is -0.504 e. The number of aryl methyl sites for hydroxylation is 2. The van der Waals surface area contributed by atoms with Crippen LogP contribution in [-0.4, -0.2) is 28.3 Å². The average Bonchev–Trinajstić information content (AvgIpc) is 2.71. The Labute approximate surface area is 110 Å². The second kappa shape index (κ2) is 5.01. The third-order valence-electron chi connectivity index (χ3n) is 2.81. The quantitative estimate of drug-likeness (QED) is 0.788. The van der Waals surface area contributed by atoms with E-state index in [1.165, 1.54) is 25.3 Å². The lowest BCUT2D eigenvalue weighted by Gasteiger charge is -2.08. The van der Waals surface area contributed by atoms with Crippen LogP contribution in [0.1, 0.15) is 21.7 Å². The van der Waals surface area contributed by atoms with E-state index in [2.05, 4.69) is 15.5 Å². The highest BCUT2D eigenvalue weighted by Gasteiger charge is 2.13. The molecule has 2 aromatic rings. The number of carbonyl (C=O) groups excluding carboxylic acids is 1. The van der Waals surface area contributed by atoms with Gasteiger partial charge in [-0.05, 0) is 32.0 Å². The van der Waals surface area contributed by atoms with Crippen LogP contribution in [0.15, 0.2) is 18.2 Å². The number of nitrogens with zero attached hydrogens (tertiary/aromatic N) is 1. The van der Waals surface area contributed by atoms with Crippen LogP contribution in [-0.2, 0) is 0 Å². The Balaban J connectivity index is 2.25. The number of phenolic OH excluding ortho intramolecular Hbond substituents is 1. The van der Waals surface area contributed by atoms with E-state index in [9.17, 15) is 9.90 Å². The highest BCUT2D eigenvalue weighted by atomic mass is 16.5. The number of benzene rings is 1. The first-order valence-electron chi connectivity index (χ1n) is 5.73. The number of amides is 1. The number of hydrogen-bond acceptors (Lipinski definition) is 4. The van der Waals surface area contributed by atoms with Gasteiger partial charge in [-0.2, -0.15) is 5.10 Å². The first-order valence-corrected chi connectivity index (χ1v) is 5.73. The summed E-state index contributed by atoms with van der Waals surface area (Å²) in [6.07, 6.45) is 0. The number of hydrogen-bond donors (Lipinski definition) is 3. The summed E-state index contributed by atoms with van der Waals surface area (Å²) in [5.74, 6) is -0.0334. The predicted molar refractivity (Wildman–Crippen MR) is 70.7 cm³/mol. The van der Waals surface area contributed by atoms with Gasteiger partial charge in [0, 0.05) is 5.56 Å². The second-order valence-corrected chi connectivity index (χ2v) is 4.15. The van der Waals surface area contributed by atoms with E-state index in [0.29, 0.717) is 11.3 Å². The first kappa shape index (κ1) is 12.9. The molecule has 0 aliphatic rings. The van der Waals surface area contributed by atoms with Gasteiger partial charge >= 0.3 is 0 Å². The molecule has 0 saturated heterocycles. The molecule has 0 aliphatic carbocycles. The van der Waals surface area contributed by atoms with Crippen LogP contribution < -0.4 is 10.1 Å². The number of H-pyrrole nitrogens is 1. The molecule has 1 aromatic carbocycles. The molecule has 0 saturated carbocycles. The molecule has 1 aromatic heterocycles. The Morgan fingerprint density at radius 3 is 2.74 bits per heavy atom. The summed E-state index contributed by atoms with van der Waals surface area (Å²) >= 11 is 0. The largest absolute Gasteiger partial charge is 0.504 e. The molecular weight excluding hydrogens is 246 g/mol. The molecule has 0 radical (unpaired) electrons.